The van der Waals surface area contributed by atoms with Gasteiger partial charge in [0.05, 0.1) is 12.0 Å². The smallest absolute Gasteiger partial charge is 0.136 e. The van der Waals surface area contributed by atoms with Crippen LogP contribution >= 0.6 is 11.3 Å². The van der Waals surface area contributed by atoms with Crippen molar-refractivity contribution in [1.29, 1.82) is 0 Å². The maximum atomic E-state index is 10.2. The minimum absolute atomic E-state index is 0.602. The van der Waals surface area contributed by atoms with E-state index in [2.05, 4.69) is 0 Å². The summed E-state index contributed by atoms with van der Waals surface area (Å²) in [4.78, 5) is 2.01. The zero-order valence-corrected chi connectivity index (χ0v) is 10.1. The van der Waals surface area contributed by atoms with Gasteiger partial charge in [-0.05, 0) is 18.6 Å². The van der Waals surface area contributed by atoms with Crippen LogP contribution in [0.5, 0.6) is 5.75 Å². The molecule has 0 saturated carbocycles. The molecule has 1 aromatic carbocycles. The fraction of sp³-hybridized carbons (Fsp3) is 0.231. The van der Waals surface area contributed by atoms with Crippen molar-refractivity contribution < 1.29 is 9.84 Å². The maximum absolute atomic E-state index is 10.2. The Morgan fingerprint density at radius 1 is 1.25 bits per heavy atom. The Morgan fingerprint density at radius 3 is 2.56 bits per heavy atom. The summed E-state index contributed by atoms with van der Waals surface area (Å²) < 4.78 is 5.26. The molecule has 0 radical (unpaired) electrons. The van der Waals surface area contributed by atoms with Crippen LogP contribution < -0.4 is 4.74 Å². The largest absolute Gasteiger partial charge is 0.495 e. The first-order valence-electron chi connectivity index (χ1n) is 5.09. The van der Waals surface area contributed by atoms with Gasteiger partial charge in [0, 0.05) is 4.88 Å². The fourth-order valence-electron chi connectivity index (χ4n) is 1.65. The molecule has 0 bridgehead atoms. The number of aryl methyl sites for hydroxylation is 1. The molecule has 0 spiro atoms. The van der Waals surface area contributed by atoms with E-state index >= 15 is 0 Å². The molecular weight excluding hydrogens is 220 g/mol. The summed E-state index contributed by atoms with van der Waals surface area (Å²) in [6.45, 7) is 2.01. The van der Waals surface area contributed by atoms with E-state index in [0.717, 1.165) is 21.1 Å². The van der Waals surface area contributed by atoms with E-state index in [-0.39, 0.29) is 0 Å². The highest BCUT2D eigenvalue weighted by Crippen LogP contribution is 2.36. The second-order valence-electron chi connectivity index (χ2n) is 3.60. The van der Waals surface area contributed by atoms with Crippen LogP contribution in [0.4, 0.5) is 0 Å². The Hall–Kier alpha value is -1.32. The Bertz CT molecular complexity index is 462. The number of methoxy groups -OCH3 is 1. The highest BCUT2D eigenvalue weighted by Gasteiger charge is 2.17. The van der Waals surface area contributed by atoms with Gasteiger partial charge in [0.1, 0.15) is 11.9 Å². The summed E-state index contributed by atoms with van der Waals surface area (Å²) in [5, 5.41) is 10.2. The quantitative estimate of drug-likeness (QED) is 0.884. The molecule has 0 aliphatic rings. The number of hydrogen-bond donors (Lipinski definition) is 1. The van der Waals surface area contributed by atoms with Gasteiger partial charge in [-0.15, -0.1) is 11.3 Å². The third-order valence-electron chi connectivity index (χ3n) is 2.43. The van der Waals surface area contributed by atoms with Gasteiger partial charge < -0.3 is 9.84 Å². The molecule has 0 fully saturated rings. The van der Waals surface area contributed by atoms with Gasteiger partial charge in [-0.3, -0.25) is 0 Å². The number of rotatable bonds is 3. The van der Waals surface area contributed by atoms with Gasteiger partial charge in [-0.1, -0.05) is 30.3 Å². The highest BCUT2D eigenvalue weighted by atomic mass is 32.1. The van der Waals surface area contributed by atoms with Crippen molar-refractivity contribution in [2.45, 2.75) is 13.0 Å². The summed E-state index contributed by atoms with van der Waals surface area (Å²) in [6.07, 6.45) is -0.602. The first-order valence-corrected chi connectivity index (χ1v) is 5.91. The predicted octanol–water partition coefficient (Wildman–Crippen LogP) is 3.15. The molecule has 0 aliphatic heterocycles. The summed E-state index contributed by atoms with van der Waals surface area (Å²) >= 11 is 1.57. The predicted molar refractivity (Wildman–Crippen MR) is 66.1 cm³/mol. The molecular formula is C13H14O2S. The Balaban J connectivity index is 2.37. The van der Waals surface area contributed by atoms with Crippen LogP contribution in [0.1, 0.15) is 21.4 Å². The summed E-state index contributed by atoms with van der Waals surface area (Å²) in [6, 6.07) is 11.6. The van der Waals surface area contributed by atoms with E-state index in [4.69, 9.17) is 4.74 Å². The van der Waals surface area contributed by atoms with E-state index in [1.165, 1.54) is 0 Å². The van der Waals surface area contributed by atoms with Gasteiger partial charge in [0.15, 0.2) is 0 Å². The average Bonchev–Trinajstić information content (AvgIpc) is 2.70. The molecule has 1 heterocycles. The van der Waals surface area contributed by atoms with Crippen LogP contribution in [0.3, 0.4) is 0 Å². The zero-order chi connectivity index (χ0) is 11.5. The molecule has 2 nitrogen and oxygen atoms in total. The van der Waals surface area contributed by atoms with E-state index < -0.39 is 6.10 Å². The monoisotopic (exact) mass is 234 g/mol. The minimum Gasteiger partial charge on any atom is -0.495 e. The fourth-order valence-corrected chi connectivity index (χ4v) is 2.65. The van der Waals surface area contributed by atoms with Crippen LogP contribution in [0, 0.1) is 6.92 Å². The van der Waals surface area contributed by atoms with Crippen LogP contribution in [0.25, 0.3) is 0 Å². The second kappa shape index (κ2) is 4.68. The number of thiophene rings is 1. The SMILES string of the molecule is COc1cc(C)sc1C(O)c1ccccc1. The number of hydrogen-bond acceptors (Lipinski definition) is 3. The van der Waals surface area contributed by atoms with Crippen molar-refractivity contribution in [2.24, 2.45) is 0 Å². The number of aliphatic hydroxyl groups is 1. The second-order valence-corrected chi connectivity index (χ2v) is 4.89. The lowest BCUT2D eigenvalue weighted by Crippen LogP contribution is -1.98. The van der Waals surface area contributed by atoms with Crippen LogP contribution in [-0.4, -0.2) is 12.2 Å². The molecule has 0 aliphatic carbocycles. The molecule has 16 heavy (non-hydrogen) atoms. The molecule has 0 saturated heterocycles. The summed E-state index contributed by atoms with van der Waals surface area (Å²) in [5.41, 5.74) is 0.891. The summed E-state index contributed by atoms with van der Waals surface area (Å²) in [5.74, 6) is 0.763. The molecule has 0 amide bonds. The lowest BCUT2D eigenvalue weighted by molar-refractivity contribution is 0.219. The molecule has 2 aromatic rings. The van der Waals surface area contributed by atoms with Gasteiger partial charge in [-0.2, -0.15) is 0 Å². The first-order chi connectivity index (χ1) is 7.72. The molecule has 1 N–H and O–H groups in total. The highest BCUT2D eigenvalue weighted by molar-refractivity contribution is 7.12. The van der Waals surface area contributed by atoms with Gasteiger partial charge >= 0.3 is 0 Å². The van der Waals surface area contributed by atoms with Crippen molar-refractivity contribution in [2.75, 3.05) is 7.11 Å². The Morgan fingerprint density at radius 2 is 1.94 bits per heavy atom. The van der Waals surface area contributed by atoms with E-state index in [1.54, 1.807) is 18.4 Å². The molecule has 1 atom stereocenters. The van der Waals surface area contributed by atoms with Crippen molar-refractivity contribution in [3.8, 4) is 5.75 Å². The average molecular weight is 234 g/mol. The zero-order valence-electron chi connectivity index (χ0n) is 9.31. The number of ether oxygens (including phenoxy) is 1. The van der Waals surface area contributed by atoms with Crippen molar-refractivity contribution in [3.05, 3.63) is 51.7 Å². The first kappa shape index (κ1) is 11.2. The van der Waals surface area contributed by atoms with Crippen molar-refractivity contribution in [1.82, 2.24) is 0 Å². The summed E-state index contributed by atoms with van der Waals surface area (Å²) in [7, 11) is 1.63. The Kier molecular flexibility index (Phi) is 3.27. The lowest BCUT2D eigenvalue weighted by atomic mass is 10.1. The van der Waals surface area contributed by atoms with Crippen molar-refractivity contribution in [3.63, 3.8) is 0 Å². The third-order valence-corrected chi connectivity index (χ3v) is 3.52. The van der Waals surface area contributed by atoms with Gasteiger partial charge in [-0.25, -0.2) is 0 Å². The standard InChI is InChI=1S/C13H14O2S/c1-9-8-11(15-2)13(16-9)12(14)10-6-4-3-5-7-10/h3-8,12,14H,1-2H3. The van der Waals surface area contributed by atoms with E-state index in [1.807, 2.05) is 43.3 Å². The molecule has 1 aromatic heterocycles. The third kappa shape index (κ3) is 2.10. The number of benzene rings is 1. The molecule has 1 unspecified atom stereocenters. The Labute approximate surface area is 99.1 Å². The van der Waals surface area contributed by atoms with Gasteiger partial charge in [0.25, 0.3) is 0 Å². The van der Waals surface area contributed by atoms with Crippen LogP contribution in [-0.2, 0) is 0 Å². The van der Waals surface area contributed by atoms with Crippen molar-refractivity contribution >= 4 is 11.3 Å². The van der Waals surface area contributed by atoms with E-state index in [0.29, 0.717) is 0 Å². The van der Waals surface area contributed by atoms with Crippen LogP contribution in [0.2, 0.25) is 0 Å². The minimum atomic E-state index is -0.602. The topological polar surface area (TPSA) is 29.5 Å². The lowest BCUT2D eigenvalue weighted by Gasteiger charge is -2.10. The van der Waals surface area contributed by atoms with E-state index in [9.17, 15) is 5.11 Å². The molecule has 2 rings (SSSR count). The molecule has 3 heteroatoms. The maximum Gasteiger partial charge on any atom is 0.136 e. The number of aliphatic hydroxyl groups excluding tert-OH is 1. The van der Waals surface area contributed by atoms with Gasteiger partial charge in [0.2, 0.25) is 0 Å². The molecule has 84 valence electrons. The van der Waals surface area contributed by atoms with Crippen LogP contribution in [0.15, 0.2) is 36.4 Å². The normalized spacial score (nSPS) is 12.4.